The fourth-order valence-electron chi connectivity index (χ4n) is 2.53. The molecule has 3 rings (SSSR count). The first-order valence-corrected chi connectivity index (χ1v) is 10.2. The van der Waals surface area contributed by atoms with Crippen LogP contribution in [0.25, 0.3) is 11.1 Å². The van der Waals surface area contributed by atoms with Crippen LogP contribution < -0.4 is 4.72 Å². The summed E-state index contributed by atoms with van der Waals surface area (Å²) in [6.07, 6.45) is 0. The molecule has 8 heteroatoms. The van der Waals surface area contributed by atoms with Gasteiger partial charge in [0.15, 0.2) is 0 Å². The molecule has 0 fully saturated rings. The SMILES string of the molecule is COC(=O)c1scc(-c2ccccc2)c1S(=O)(=O)Nc1ccc(C)c(F)c1. The van der Waals surface area contributed by atoms with Crippen LogP contribution >= 0.6 is 11.3 Å². The van der Waals surface area contributed by atoms with Crippen molar-refractivity contribution in [1.82, 2.24) is 0 Å². The van der Waals surface area contributed by atoms with E-state index >= 15 is 0 Å². The van der Waals surface area contributed by atoms with E-state index in [0.29, 0.717) is 16.7 Å². The molecule has 3 aromatic rings. The van der Waals surface area contributed by atoms with Gasteiger partial charge in [-0.05, 0) is 30.2 Å². The number of aryl methyl sites for hydroxylation is 1. The molecule has 0 spiro atoms. The highest BCUT2D eigenvalue weighted by atomic mass is 32.2. The van der Waals surface area contributed by atoms with Crippen molar-refractivity contribution in [3.63, 3.8) is 0 Å². The van der Waals surface area contributed by atoms with Crippen LogP contribution in [0.4, 0.5) is 10.1 Å². The van der Waals surface area contributed by atoms with E-state index in [1.54, 1.807) is 42.6 Å². The minimum absolute atomic E-state index is 0.0450. The van der Waals surface area contributed by atoms with Gasteiger partial charge in [0.25, 0.3) is 10.0 Å². The highest BCUT2D eigenvalue weighted by Gasteiger charge is 2.30. The number of sulfonamides is 1. The van der Waals surface area contributed by atoms with E-state index in [0.717, 1.165) is 17.4 Å². The van der Waals surface area contributed by atoms with Gasteiger partial charge < -0.3 is 4.74 Å². The zero-order chi connectivity index (χ0) is 19.6. The summed E-state index contributed by atoms with van der Waals surface area (Å²) in [5, 5.41) is 1.59. The monoisotopic (exact) mass is 405 g/mol. The molecule has 0 atom stereocenters. The number of esters is 1. The van der Waals surface area contributed by atoms with Crippen LogP contribution in [-0.2, 0) is 14.8 Å². The number of methoxy groups -OCH3 is 1. The third kappa shape index (κ3) is 3.86. The van der Waals surface area contributed by atoms with Crippen molar-refractivity contribution in [3.8, 4) is 11.1 Å². The summed E-state index contributed by atoms with van der Waals surface area (Å²) in [4.78, 5) is 11.9. The third-order valence-electron chi connectivity index (χ3n) is 3.89. The molecule has 0 radical (unpaired) electrons. The minimum Gasteiger partial charge on any atom is -0.465 e. The Kier molecular flexibility index (Phi) is 5.29. The predicted octanol–water partition coefficient (Wildman–Crippen LogP) is 4.45. The zero-order valence-corrected chi connectivity index (χ0v) is 16.2. The number of ether oxygens (including phenoxy) is 1. The number of carbonyl (C=O) groups is 1. The van der Waals surface area contributed by atoms with Crippen LogP contribution in [0.5, 0.6) is 0 Å². The van der Waals surface area contributed by atoms with Gasteiger partial charge in [0.2, 0.25) is 0 Å². The van der Waals surface area contributed by atoms with Gasteiger partial charge in [0, 0.05) is 10.9 Å². The van der Waals surface area contributed by atoms with Gasteiger partial charge in [-0.3, -0.25) is 4.72 Å². The number of halogens is 1. The topological polar surface area (TPSA) is 72.5 Å². The molecule has 27 heavy (non-hydrogen) atoms. The number of carbonyl (C=O) groups excluding carboxylic acids is 1. The van der Waals surface area contributed by atoms with Crippen molar-refractivity contribution in [2.45, 2.75) is 11.8 Å². The molecule has 0 aliphatic carbocycles. The Bertz CT molecular complexity index is 1090. The second-order valence-corrected chi connectivity index (χ2v) is 8.23. The van der Waals surface area contributed by atoms with Gasteiger partial charge in [0.1, 0.15) is 15.6 Å². The molecular weight excluding hydrogens is 389 g/mol. The lowest BCUT2D eigenvalue weighted by Crippen LogP contribution is -2.17. The second kappa shape index (κ2) is 7.50. The molecule has 0 bridgehead atoms. The van der Waals surface area contributed by atoms with Crippen LogP contribution in [-0.4, -0.2) is 21.5 Å². The number of thiophene rings is 1. The van der Waals surface area contributed by atoms with Crippen LogP contribution in [0.3, 0.4) is 0 Å². The van der Waals surface area contributed by atoms with E-state index in [-0.39, 0.29) is 15.5 Å². The zero-order valence-electron chi connectivity index (χ0n) is 14.5. The predicted molar refractivity (Wildman–Crippen MR) is 103 cm³/mol. The van der Waals surface area contributed by atoms with Crippen LogP contribution in [0, 0.1) is 12.7 Å². The first-order chi connectivity index (χ1) is 12.8. The molecule has 1 heterocycles. The van der Waals surface area contributed by atoms with E-state index in [2.05, 4.69) is 4.72 Å². The smallest absolute Gasteiger partial charge is 0.349 e. The molecule has 0 aliphatic rings. The summed E-state index contributed by atoms with van der Waals surface area (Å²) >= 11 is 0.979. The second-order valence-electron chi connectivity index (χ2n) is 5.73. The first-order valence-electron chi connectivity index (χ1n) is 7.87. The molecule has 5 nitrogen and oxygen atoms in total. The van der Waals surface area contributed by atoms with E-state index in [9.17, 15) is 17.6 Å². The standard InChI is InChI=1S/C19H16FNO4S2/c1-12-8-9-14(10-16(12)20)21-27(23,24)18-15(13-6-4-3-5-7-13)11-26-17(18)19(22)25-2/h3-11,21H,1-2H3. The van der Waals surface area contributed by atoms with E-state index in [4.69, 9.17) is 4.74 Å². The average Bonchev–Trinajstić information content (AvgIpc) is 3.11. The van der Waals surface area contributed by atoms with Gasteiger partial charge in [-0.25, -0.2) is 17.6 Å². The molecule has 2 aromatic carbocycles. The Morgan fingerprint density at radius 3 is 2.48 bits per heavy atom. The number of hydrogen-bond acceptors (Lipinski definition) is 5. The summed E-state index contributed by atoms with van der Waals surface area (Å²) in [5.41, 5.74) is 1.48. The summed E-state index contributed by atoms with van der Waals surface area (Å²) in [6, 6.07) is 12.9. The van der Waals surface area contributed by atoms with Crippen LogP contribution in [0.1, 0.15) is 15.2 Å². The normalized spacial score (nSPS) is 11.2. The lowest BCUT2D eigenvalue weighted by atomic mass is 10.1. The Labute approximate surface area is 160 Å². The van der Waals surface area contributed by atoms with Crippen molar-refractivity contribution in [2.24, 2.45) is 0 Å². The van der Waals surface area contributed by atoms with Crippen LogP contribution in [0.15, 0.2) is 58.8 Å². The third-order valence-corrected chi connectivity index (χ3v) is 6.45. The number of rotatable bonds is 5. The van der Waals surface area contributed by atoms with E-state index in [1.807, 2.05) is 0 Å². The fourth-order valence-corrected chi connectivity index (χ4v) is 5.29. The summed E-state index contributed by atoms with van der Waals surface area (Å²) in [7, 11) is -2.99. The van der Waals surface area contributed by atoms with Gasteiger partial charge in [-0.2, -0.15) is 0 Å². The van der Waals surface area contributed by atoms with Crippen molar-refractivity contribution in [2.75, 3.05) is 11.8 Å². The fraction of sp³-hybridized carbons (Fsp3) is 0.105. The lowest BCUT2D eigenvalue weighted by molar-refractivity contribution is 0.0602. The lowest BCUT2D eigenvalue weighted by Gasteiger charge is -2.12. The first kappa shape index (κ1) is 19.1. The summed E-state index contributed by atoms with van der Waals surface area (Å²) < 4.78 is 47.0. The van der Waals surface area contributed by atoms with E-state index < -0.39 is 21.8 Å². The molecule has 0 saturated carbocycles. The largest absolute Gasteiger partial charge is 0.465 e. The van der Waals surface area contributed by atoms with Crippen molar-refractivity contribution >= 4 is 33.0 Å². The van der Waals surface area contributed by atoms with E-state index in [1.165, 1.54) is 19.2 Å². The van der Waals surface area contributed by atoms with Crippen molar-refractivity contribution < 1.29 is 22.3 Å². The molecule has 0 aliphatic heterocycles. The minimum atomic E-state index is -4.17. The number of benzene rings is 2. The highest BCUT2D eigenvalue weighted by molar-refractivity contribution is 7.93. The summed E-state index contributed by atoms with van der Waals surface area (Å²) in [5.74, 6) is -1.28. The molecule has 140 valence electrons. The van der Waals surface area contributed by atoms with Crippen LogP contribution in [0.2, 0.25) is 0 Å². The molecule has 0 amide bonds. The van der Waals surface area contributed by atoms with Gasteiger partial charge in [0.05, 0.1) is 12.8 Å². The van der Waals surface area contributed by atoms with Gasteiger partial charge >= 0.3 is 5.97 Å². The van der Waals surface area contributed by atoms with Gasteiger partial charge in [-0.1, -0.05) is 36.4 Å². The number of hydrogen-bond donors (Lipinski definition) is 1. The highest BCUT2D eigenvalue weighted by Crippen LogP contribution is 2.36. The Morgan fingerprint density at radius 1 is 1.15 bits per heavy atom. The maximum absolute atomic E-state index is 13.8. The molecule has 1 aromatic heterocycles. The van der Waals surface area contributed by atoms with Gasteiger partial charge in [-0.15, -0.1) is 11.3 Å². The molecule has 0 saturated heterocycles. The Balaban J connectivity index is 2.13. The molecular formula is C19H16FNO4S2. The summed E-state index contributed by atoms with van der Waals surface area (Å²) in [6.45, 7) is 1.58. The number of nitrogens with one attached hydrogen (secondary N) is 1. The number of anilines is 1. The quantitative estimate of drug-likeness (QED) is 0.637. The average molecular weight is 405 g/mol. The Morgan fingerprint density at radius 2 is 1.85 bits per heavy atom. The van der Waals surface area contributed by atoms with Crippen molar-refractivity contribution in [3.05, 3.63) is 70.2 Å². The van der Waals surface area contributed by atoms with Crippen molar-refractivity contribution in [1.29, 1.82) is 0 Å². The maximum atomic E-state index is 13.8. The molecule has 0 unspecified atom stereocenters. The molecule has 1 N–H and O–H groups in total. The Hall–Kier alpha value is -2.71. The maximum Gasteiger partial charge on any atom is 0.349 e.